The molecule has 7 rings (SSSR count). The SMILES string of the molecule is CC(C)N(C(=O)c1cc(F)ccc1Oc1cncnc1N1CC[C@@H](CN2CC3(CCN(S(=O)(=O)N4CCC5(CC4)CN(C(=O)OC(C)(C)C)C5)CC3)C2)C1)C(C)C. The van der Waals surface area contributed by atoms with Crippen molar-refractivity contribution in [2.75, 3.05) is 76.9 Å². The number of hydrogen-bond acceptors (Lipinski definition) is 10. The molecule has 0 N–H and O–H groups in total. The second kappa shape index (κ2) is 15.9. The summed E-state index contributed by atoms with van der Waals surface area (Å²) in [6.07, 6.45) is 7.04. The van der Waals surface area contributed by atoms with Crippen molar-refractivity contribution in [2.24, 2.45) is 16.7 Å². The van der Waals surface area contributed by atoms with Crippen LogP contribution in [0.15, 0.2) is 30.7 Å². The van der Waals surface area contributed by atoms with Crippen molar-refractivity contribution in [2.45, 2.75) is 98.3 Å². The van der Waals surface area contributed by atoms with Gasteiger partial charge in [-0.1, -0.05) is 0 Å². The molecule has 0 unspecified atom stereocenters. The highest BCUT2D eigenvalue weighted by molar-refractivity contribution is 7.86. The lowest BCUT2D eigenvalue weighted by molar-refractivity contribution is -0.0538. The Labute approximate surface area is 337 Å². The monoisotopic (exact) mass is 812 g/mol. The third-order valence-electron chi connectivity index (χ3n) is 12.5. The van der Waals surface area contributed by atoms with Gasteiger partial charge in [0, 0.05) is 89.5 Å². The number of rotatable bonds is 10. The van der Waals surface area contributed by atoms with Gasteiger partial charge in [-0.3, -0.25) is 4.79 Å². The number of halogens is 1. The summed E-state index contributed by atoms with van der Waals surface area (Å²) in [5.41, 5.74) is -0.226. The van der Waals surface area contributed by atoms with Crippen LogP contribution in [0.4, 0.5) is 15.0 Å². The van der Waals surface area contributed by atoms with E-state index in [9.17, 15) is 22.4 Å². The summed E-state index contributed by atoms with van der Waals surface area (Å²) >= 11 is 0. The normalized spacial score (nSPS) is 22.9. The Morgan fingerprint density at radius 1 is 0.912 bits per heavy atom. The Hall–Kier alpha value is -3.60. The molecular formula is C41H61FN8O6S. The molecule has 1 atom stereocenters. The van der Waals surface area contributed by atoms with E-state index in [1.165, 1.54) is 24.5 Å². The fourth-order valence-electron chi connectivity index (χ4n) is 9.67. The van der Waals surface area contributed by atoms with Gasteiger partial charge in [0.05, 0.1) is 11.8 Å². The summed E-state index contributed by atoms with van der Waals surface area (Å²) in [5, 5.41) is 0. The van der Waals surface area contributed by atoms with Crippen LogP contribution in [0.25, 0.3) is 0 Å². The summed E-state index contributed by atoms with van der Waals surface area (Å²) in [7, 11) is -3.53. The molecule has 2 spiro atoms. The minimum absolute atomic E-state index is 0.00965. The zero-order valence-corrected chi connectivity index (χ0v) is 35.6. The van der Waals surface area contributed by atoms with Crippen LogP contribution < -0.4 is 9.64 Å². The number of nitrogens with zero attached hydrogens (tertiary/aromatic N) is 8. The molecule has 0 bridgehead atoms. The van der Waals surface area contributed by atoms with Crippen molar-refractivity contribution >= 4 is 28.0 Å². The van der Waals surface area contributed by atoms with E-state index in [0.717, 1.165) is 64.8 Å². The van der Waals surface area contributed by atoms with Crippen LogP contribution in [-0.4, -0.2) is 143 Å². The maximum atomic E-state index is 14.5. The van der Waals surface area contributed by atoms with Gasteiger partial charge in [-0.25, -0.2) is 19.2 Å². The van der Waals surface area contributed by atoms with Crippen molar-refractivity contribution < 1.29 is 31.9 Å². The quantitative estimate of drug-likeness (QED) is 0.305. The summed E-state index contributed by atoms with van der Waals surface area (Å²) in [4.78, 5) is 43.0. The molecule has 2 amide bonds. The average Bonchev–Trinajstić information content (AvgIpc) is 3.58. The van der Waals surface area contributed by atoms with Crippen molar-refractivity contribution in [3.8, 4) is 11.5 Å². The van der Waals surface area contributed by atoms with E-state index in [0.29, 0.717) is 56.8 Å². The lowest BCUT2D eigenvalue weighted by Gasteiger charge is -2.55. The van der Waals surface area contributed by atoms with E-state index in [1.807, 2.05) is 48.5 Å². The predicted octanol–water partition coefficient (Wildman–Crippen LogP) is 5.47. The number of benzene rings is 1. The molecule has 0 saturated carbocycles. The van der Waals surface area contributed by atoms with Crippen LogP contribution in [0.3, 0.4) is 0 Å². The zero-order valence-electron chi connectivity index (χ0n) is 34.7. The van der Waals surface area contributed by atoms with E-state index < -0.39 is 21.6 Å². The fourth-order valence-corrected chi connectivity index (χ4v) is 11.3. The van der Waals surface area contributed by atoms with Crippen molar-refractivity contribution in [1.29, 1.82) is 0 Å². The lowest BCUT2D eigenvalue weighted by Crippen LogP contribution is -2.64. The molecule has 0 radical (unpaired) electrons. The first-order valence-electron chi connectivity index (χ1n) is 20.7. The van der Waals surface area contributed by atoms with E-state index >= 15 is 0 Å². The Kier molecular flexibility index (Phi) is 11.6. The van der Waals surface area contributed by atoms with Crippen LogP contribution >= 0.6 is 0 Å². The molecule has 5 aliphatic heterocycles. The van der Waals surface area contributed by atoms with E-state index in [2.05, 4.69) is 19.8 Å². The molecule has 2 aromatic rings. The number of likely N-dealkylation sites (tertiary alicyclic amines) is 2. The smallest absolute Gasteiger partial charge is 0.410 e. The average molecular weight is 813 g/mol. The highest BCUT2D eigenvalue weighted by atomic mass is 32.2. The Bertz CT molecular complexity index is 1880. The standard InChI is InChI=1S/C41H61FN8O6S/c1-29(2)50(30(3)4)37(51)33-20-32(42)8-9-34(33)55-35-21-43-28-44-36(35)46-15-10-31(23-46)22-45-24-40(25-45)11-16-48(17-12-40)57(53,54)49-18-13-41(14-19-49)26-47(27-41)38(52)56-39(5,6)7/h8-9,20-21,28-31H,10-19,22-27H2,1-7H3/t31-/m0/s1. The zero-order chi connectivity index (χ0) is 40.9. The Balaban J connectivity index is 0.877. The molecule has 1 aromatic heterocycles. The molecule has 16 heteroatoms. The van der Waals surface area contributed by atoms with E-state index in [-0.39, 0.29) is 46.2 Å². The molecule has 314 valence electrons. The molecule has 5 saturated heterocycles. The molecule has 57 heavy (non-hydrogen) atoms. The summed E-state index contributed by atoms with van der Waals surface area (Å²) in [6.45, 7) is 21.2. The summed E-state index contributed by atoms with van der Waals surface area (Å²) < 4.78 is 57.1. The number of piperidine rings is 2. The van der Waals surface area contributed by atoms with Crippen LogP contribution in [0.2, 0.25) is 0 Å². The highest BCUT2D eigenvalue weighted by Gasteiger charge is 2.51. The Morgan fingerprint density at radius 2 is 1.51 bits per heavy atom. The number of amides is 2. The number of carbonyl (C=O) groups excluding carboxylic acids is 2. The number of aromatic nitrogens is 2. The summed E-state index contributed by atoms with van der Waals surface area (Å²) in [6, 6.07) is 3.86. The van der Waals surface area contributed by atoms with Gasteiger partial charge in [-0.05, 0) is 110 Å². The second-order valence-electron chi connectivity index (χ2n) is 18.8. The van der Waals surface area contributed by atoms with Crippen LogP contribution in [0.1, 0.15) is 90.9 Å². The third-order valence-corrected chi connectivity index (χ3v) is 14.6. The van der Waals surface area contributed by atoms with Gasteiger partial charge in [0.1, 0.15) is 23.5 Å². The molecular weight excluding hydrogens is 752 g/mol. The van der Waals surface area contributed by atoms with Gasteiger partial charge in [0.2, 0.25) is 0 Å². The molecule has 0 aliphatic carbocycles. The summed E-state index contributed by atoms with van der Waals surface area (Å²) in [5.74, 6) is 0.940. The second-order valence-corrected chi connectivity index (χ2v) is 20.7. The number of carbonyl (C=O) groups is 2. The van der Waals surface area contributed by atoms with Crippen LogP contribution in [0, 0.1) is 22.6 Å². The first-order chi connectivity index (χ1) is 26.9. The van der Waals surface area contributed by atoms with Gasteiger partial charge >= 0.3 is 6.09 Å². The van der Waals surface area contributed by atoms with Crippen molar-refractivity contribution in [3.63, 3.8) is 0 Å². The van der Waals surface area contributed by atoms with E-state index in [4.69, 9.17) is 9.47 Å². The van der Waals surface area contributed by atoms with E-state index in [1.54, 1.807) is 24.6 Å². The van der Waals surface area contributed by atoms with Gasteiger partial charge < -0.3 is 29.1 Å². The molecule has 5 fully saturated rings. The topological polar surface area (TPSA) is 132 Å². The van der Waals surface area contributed by atoms with Crippen molar-refractivity contribution in [3.05, 3.63) is 42.1 Å². The molecule has 5 aliphatic rings. The molecule has 6 heterocycles. The molecule has 1 aromatic carbocycles. The predicted molar refractivity (Wildman–Crippen MR) is 215 cm³/mol. The largest absolute Gasteiger partial charge is 0.451 e. The van der Waals surface area contributed by atoms with Crippen molar-refractivity contribution in [1.82, 2.24) is 33.3 Å². The van der Waals surface area contributed by atoms with Crippen LogP contribution in [0.5, 0.6) is 11.5 Å². The highest BCUT2D eigenvalue weighted by Crippen LogP contribution is 2.45. The lowest BCUT2D eigenvalue weighted by atomic mass is 9.72. The Morgan fingerprint density at radius 3 is 2.09 bits per heavy atom. The number of hydrogen-bond donors (Lipinski definition) is 0. The van der Waals surface area contributed by atoms with Gasteiger partial charge in [0.25, 0.3) is 16.1 Å². The third kappa shape index (κ3) is 8.88. The van der Waals surface area contributed by atoms with Gasteiger partial charge in [0.15, 0.2) is 11.6 Å². The minimum atomic E-state index is -3.53. The minimum Gasteiger partial charge on any atom is -0.451 e. The number of anilines is 1. The maximum Gasteiger partial charge on any atom is 0.410 e. The van der Waals surface area contributed by atoms with Gasteiger partial charge in [-0.15, -0.1) is 0 Å². The maximum absolute atomic E-state index is 14.5. The van der Waals surface area contributed by atoms with Gasteiger partial charge in [-0.2, -0.15) is 17.0 Å². The first-order valence-corrected chi connectivity index (χ1v) is 22.1. The molecule has 14 nitrogen and oxygen atoms in total. The number of ether oxygens (including phenoxy) is 2. The first kappa shape index (κ1) is 41.6. The fraction of sp³-hybridized carbons (Fsp3) is 0.707. The van der Waals surface area contributed by atoms with Crippen LogP contribution in [-0.2, 0) is 14.9 Å².